The second-order valence-corrected chi connectivity index (χ2v) is 16.8. The van der Waals surface area contributed by atoms with Gasteiger partial charge in [-0.05, 0) is 59.3 Å². The van der Waals surface area contributed by atoms with Crippen molar-refractivity contribution in [1.82, 2.24) is 66.0 Å². The Morgan fingerprint density at radius 2 is 1.15 bits per heavy atom. The summed E-state index contributed by atoms with van der Waals surface area (Å²) in [7, 11) is 4.72. The molecule has 8 heterocycles. The molecule has 0 unspecified atom stereocenters. The van der Waals surface area contributed by atoms with E-state index >= 15 is 0 Å². The molecule has 442 valence electrons. The van der Waals surface area contributed by atoms with Crippen molar-refractivity contribution in [2.45, 2.75) is 105 Å². The number of alkyl halides is 2. The number of nitrogens with one attached hydrogen (secondary N) is 2. The van der Waals surface area contributed by atoms with E-state index in [4.69, 9.17) is 39.5 Å². The first-order chi connectivity index (χ1) is 42.5. The minimum absolute atomic E-state index is 0. The smallest absolute Gasteiger partial charge is 1.00 e. The molecule has 0 amide bonds. The molecule has 7 aromatic rings. The van der Waals surface area contributed by atoms with Crippen LogP contribution in [0.1, 0.15) is 111 Å². The summed E-state index contributed by atoms with van der Waals surface area (Å²) in [5, 5.41) is 8.43. The van der Waals surface area contributed by atoms with Gasteiger partial charge in [0.25, 0.3) is 28.7 Å². The maximum atomic E-state index is 12.7. The van der Waals surface area contributed by atoms with Gasteiger partial charge in [-0.15, -0.1) is 11.6 Å². The van der Waals surface area contributed by atoms with Gasteiger partial charge in [-0.3, -0.25) is 65.7 Å². The Balaban J connectivity index is -0.00000113. The molecule has 0 saturated heterocycles. The van der Waals surface area contributed by atoms with E-state index < -0.39 is 91.5 Å². The zero-order chi connectivity index (χ0) is 70.7. The Labute approximate surface area is 577 Å². The fourth-order valence-corrected chi connectivity index (χ4v) is 7.04. The molecule has 2 N–H and O–H groups in total. The van der Waals surface area contributed by atoms with E-state index in [0.29, 0.717) is 53.9 Å². The van der Waals surface area contributed by atoms with Gasteiger partial charge in [0.1, 0.15) is 24.5 Å². The van der Waals surface area contributed by atoms with Crippen LogP contribution in [-0.2, 0) is 92.7 Å². The summed E-state index contributed by atoms with van der Waals surface area (Å²) in [6.45, 7) is -3.94. The molecular formula is C49H71ClFK2N15O14. The average Bonchev–Trinajstić information content (AvgIpc) is 1.57. The van der Waals surface area contributed by atoms with Crippen LogP contribution >= 0.6 is 11.6 Å². The van der Waals surface area contributed by atoms with Crippen molar-refractivity contribution in [2.24, 2.45) is 54.1 Å². The fraction of sp³-hybridized carbons (Fsp3) is 0.510. The maximum absolute atomic E-state index is 12.7. The van der Waals surface area contributed by atoms with Gasteiger partial charge in [0.05, 0.1) is 33.0 Å². The summed E-state index contributed by atoms with van der Waals surface area (Å²) in [5.74, 6) is 0.792. The van der Waals surface area contributed by atoms with E-state index in [0.717, 1.165) is 64.4 Å². The van der Waals surface area contributed by atoms with Gasteiger partial charge in [0.15, 0.2) is 33.5 Å². The fourth-order valence-electron chi connectivity index (χ4n) is 6.85. The number of halogens is 2. The number of unbranched alkanes of at least 4 members (excludes halogenated alkanes) is 2. The number of carbonyl (C=O) groups is 4. The van der Waals surface area contributed by atoms with Gasteiger partial charge in [-0.25, -0.2) is 39.1 Å². The number of fused-ring (bicyclic) bond motifs is 4. The van der Waals surface area contributed by atoms with Gasteiger partial charge in [-0.1, -0.05) is 7.43 Å². The predicted octanol–water partition coefficient (Wildman–Crippen LogP) is -5.56. The molecule has 0 bridgehead atoms. The van der Waals surface area contributed by atoms with Gasteiger partial charge < -0.3 is 39.7 Å². The Kier molecular flexibility index (Phi) is 27.4. The first-order valence-electron chi connectivity index (χ1n) is 29.8. The number of aromatic amines is 2. The summed E-state index contributed by atoms with van der Waals surface area (Å²) in [6.07, 6.45) is 5.27. The number of H-pyrrole nitrogens is 2. The molecule has 0 atom stereocenters. The van der Waals surface area contributed by atoms with Crippen molar-refractivity contribution in [3.63, 3.8) is 0 Å². The van der Waals surface area contributed by atoms with E-state index in [1.807, 2.05) is 4.98 Å². The molecule has 7 aromatic heterocycles. The van der Waals surface area contributed by atoms with Crippen molar-refractivity contribution in [1.29, 1.82) is 0 Å². The number of imidazole rings is 3. The summed E-state index contributed by atoms with van der Waals surface area (Å²) in [4.78, 5) is 158. The standard InChI is InChI=1S/2C13H18N4O3.C7H8N4O2.C7H7N3O2.C6H11ClO.CH3F.CH2O3.CH4.2K.H/c2*1-9(18)6-4-5-7-17-12(19)10-11(14-8-15(10)2)16(3)13(17)20;1-10-3-8-5-4(10)6(12)9-7(13)11(5)2;1-10-5-4(2-3-8-5)6(11)9-7(10)12;1-6(8)4-2-3-5-7;1-2;2-1-4-3;;;;/h2*8H,4-7H2,1-3H3;3H,1-2H3,(H,9,12,13);3H,2H2,1H3,(H,9,11,12);2-5H2,1H3;1H3;1,3H;1H4;;;/q;;;;;;;;2*+1;-1/p-1/i2D3,6D2,8D;2D3;1D3;;;1D;;;;;. The van der Waals surface area contributed by atoms with Crippen LogP contribution < -0.4 is 153 Å². The number of Topliss-reactive ketones (excluding diaryl/α,β-unsaturated/α-hetero) is 3. The quantitative estimate of drug-likeness (QED) is 0.0241. The number of hydrogen-bond donors (Lipinski definition) is 2. The Morgan fingerprint density at radius 3 is 1.62 bits per heavy atom. The minimum Gasteiger partial charge on any atom is -1.00 e. The normalized spacial score (nSPS) is 13.3. The SMILES string of the molecule is C.CC(=O)CCCCCl.Cn1c2c(c(=O)[nH]c1=O)CC=N2.O=CO[O-].[2H]C([2H])([2H])n1cnc2c1c(=O)[nH]c(=O)n2C.[2H]C([2H])([2H])n1cnc2c1c(=O)n(CCCCC(C)=O)c(=O)n2C.[2H]CF.[2H]c1nc2c(c(=O)n(CCCC([2H])([2H])C(C)=O)c(=O)n2C)n1C([2H])([2H])[2H].[H-].[K+].[K+]. The number of aromatic nitrogens is 14. The van der Waals surface area contributed by atoms with Crippen molar-refractivity contribution < 1.29 is 156 Å². The molecule has 1 aliphatic heterocycles. The van der Waals surface area contributed by atoms with Gasteiger partial charge in [0, 0.05) is 115 Å². The summed E-state index contributed by atoms with van der Waals surface area (Å²) < 4.78 is 113. The molecule has 0 fully saturated rings. The first-order valence-corrected chi connectivity index (χ1v) is 23.6. The van der Waals surface area contributed by atoms with Crippen molar-refractivity contribution >= 4 is 80.9 Å². The van der Waals surface area contributed by atoms with Crippen LogP contribution in [-0.4, -0.2) is 109 Å². The topological polar surface area (TPSA) is 364 Å². The Hall–Kier alpha value is -5.27. The van der Waals surface area contributed by atoms with Crippen LogP contribution in [0, 0.1) is 0 Å². The average molecular weight is 1240 g/mol. The summed E-state index contributed by atoms with van der Waals surface area (Å²) in [6, 6.07) is 0. The largest absolute Gasteiger partial charge is 1.00 e. The number of aliphatic imine (C=N–C) groups is 1. The van der Waals surface area contributed by atoms with Gasteiger partial charge in [-0.2, -0.15) is 0 Å². The third kappa shape index (κ3) is 22.1. The zero-order valence-electron chi connectivity index (χ0n) is 59.8. The molecule has 82 heavy (non-hydrogen) atoms. The Morgan fingerprint density at radius 1 is 0.707 bits per heavy atom. The van der Waals surface area contributed by atoms with E-state index in [9.17, 15) is 57.1 Å². The third-order valence-corrected chi connectivity index (χ3v) is 11.0. The van der Waals surface area contributed by atoms with Crippen molar-refractivity contribution in [3.05, 3.63) is 108 Å². The molecule has 0 spiro atoms. The summed E-state index contributed by atoms with van der Waals surface area (Å²) in [5.41, 5.74) is -5.28. The molecule has 8 rings (SSSR count). The third-order valence-electron chi connectivity index (χ3n) is 10.8. The Bertz CT molecular complexity index is 4320. The van der Waals surface area contributed by atoms with Crippen LogP contribution in [0.2, 0.25) is 0 Å². The summed E-state index contributed by atoms with van der Waals surface area (Å²) >= 11 is 5.37. The van der Waals surface area contributed by atoms with Crippen molar-refractivity contribution in [2.75, 3.05) is 13.0 Å². The molecule has 0 radical (unpaired) electrons. The minimum atomic E-state index is -2.83. The molecule has 33 heteroatoms. The number of carbonyl (C=O) groups excluding carboxylic acids is 4. The molecule has 0 aliphatic carbocycles. The monoisotopic (exact) mass is 1240 g/mol. The number of nitrogens with zero attached hydrogens (tertiary/aromatic N) is 13. The molecule has 0 aromatic carbocycles. The van der Waals surface area contributed by atoms with Crippen molar-refractivity contribution in [3.8, 4) is 0 Å². The van der Waals surface area contributed by atoms with Crippen LogP contribution in [0.3, 0.4) is 0 Å². The molecule has 1 aliphatic rings. The molecule has 0 saturated carbocycles. The van der Waals surface area contributed by atoms with E-state index in [2.05, 4.69) is 29.8 Å². The number of rotatable bonds is 15. The van der Waals surface area contributed by atoms with Gasteiger partial charge >= 0.3 is 126 Å². The second kappa shape index (κ2) is 39.3. The van der Waals surface area contributed by atoms with Crippen LogP contribution in [0.25, 0.3) is 33.5 Å². The molecular weight excluding hydrogens is 1160 g/mol. The number of hydrogen-bond acceptors (Lipinski definition) is 18. The molecule has 29 nitrogen and oxygen atoms in total. The van der Waals surface area contributed by atoms with E-state index in [1.165, 1.54) is 32.6 Å². The number of aryl methyl sites for hydroxylation is 6. The first kappa shape index (κ1) is 57.2. The predicted molar refractivity (Wildman–Crippen MR) is 298 cm³/mol. The van der Waals surface area contributed by atoms with E-state index in [1.54, 1.807) is 20.2 Å². The number of ketones is 3. The second-order valence-electron chi connectivity index (χ2n) is 16.4. The van der Waals surface area contributed by atoms with Crippen LogP contribution in [0.15, 0.2) is 62.3 Å². The zero-order valence-corrected chi connectivity index (χ0v) is 52.8. The van der Waals surface area contributed by atoms with E-state index in [-0.39, 0.29) is 189 Å². The van der Waals surface area contributed by atoms with Crippen LogP contribution in [0.5, 0.6) is 0 Å². The van der Waals surface area contributed by atoms with Crippen LogP contribution in [0.4, 0.5) is 10.2 Å². The maximum Gasteiger partial charge on any atom is 1.00 e. The van der Waals surface area contributed by atoms with Gasteiger partial charge in [0.2, 0.25) is 0 Å².